The summed E-state index contributed by atoms with van der Waals surface area (Å²) in [6.45, 7) is 4.47. The van der Waals surface area contributed by atoms with E-state index in [1.54, 1.807) is 6.07 Å². The van der Waals surface area contributed by atoms with Gasteiger partial charge in [-0.3, -0.25) is 9.59 Å². The normalized spacial score (nSPS) is 11.8. The third-order valence-electron chi connectivity index (χ3n) is 6.06. The number of aromatic nitrogens is 2. The molecular formula is C28H26F2N4O2. The van der Waals surface area contributed by atoms with Crippen LogP contribution < -0.4 is 10.6 Å². The zero-order valence-corrected chi connectivity index (χ0v) is 20.0. The Bertz CT molecular complexity index is 1420. The van der Waals surface area contributed by atoms with Crippen molar-refractivity contribution in [3.05, 3.63) is 101 Å². The Kier molecular flexibility index (Phi) is 7.63. The Morgan fingerprint density at radius 3 is 2.58 bits per heavy atom. The highest BCUT2D eigenvalue weighted by Crippen LogP contribution is 2.24. The molecule has 6 nitrogen and oxygen atoms in total. The second-order valence-corrected chi connectivity index (χ2v) is 8.65. The maximum Gasteiger partial charge on any atom is 0.254 e. The van der Waals surface area contributed by atoms with Crippen LogP contribution in [-0.2, 0) is 6.54 Å². The van der Waals surface area contributed by atoms with Crippen molar-refractivity contribution >= 4 is 28.4 Å². The summed E-state index contributed by atoms with van der Waals surface area (Å²) in [5.74, 6) is -1.26. The van der Waals surface area contributed by atoms with Gasteiger partial charge in [-0.1, -0.05) is 37.3 Å². The van der Waals surface area contributed by atoms with Crippen LogP contribution in [0.15, 0.2) is 67.0 Å². The van der Waals surface area contributed by atoms with Crippen LogP contribution in [0.25, 0.3) is 10.9 Å². The quantitative estimate of drug-likeness (QED) is 0.298. The summed E-state index contributed by atoms with van der Waals surface area (Å²) in [6, 6.07) is 16.1. The van der Waals surface area contributed by atoms with Gasteiger partial charge < -0.3 is 10.6 Å². The number of benzene rings is 3. The van der Waals surface area contributed by atoms with Crippen LogP contribution in [0.5, 0.6) is 0 Å². The lowest BCUT2D eigenvalue weighted by atomic mass is 9.96. The molecule has 0 aliphatic carbocycles. The Balaban J connectivity index is 1.37. The summed E-state index contributed by atoms with van der Waals surface area (Å²) in [7, 11) is 0. The standard InChI is InChI=1S/C28H26F2N4O2/c1-17(11-12-31-27-23-8-4-7-22(18(2)35)26(23)33-16-34-27)20-6-3-5-19(13-20)15-32-28(36)24-14-21(29)9-10-25(24)30/h3-10,13-14,16-17H,11-12,15H2,1-2H3,(H,32,36)(H,31,33,34). The van der Waals surface area contributed by atoms with Gasteiger partial charge in [0.15, 0.2) is 5.78 Å². The fourth-order valence-electron chi connectivity index (χ4n) is 4.04. The number of para-hydroxylation sites is 1. The number of nitrogens with one attached hydrogen (secondary N) is 2. The minimum absolute atomic E-state index is 0.0454. The van der Waals surface area contributed by atoms with Gasteiger partial charge in [0, 0.05) is 24.0 Å². The number of Topliss-reactive ketones (excluding diaryl/α,β-unsaturated/α-hetero) is 1. The second kappa shape index (κ2) is 11.0. The number of nitrogens with zero attached hydrogens (tertiary/aromatic N) is 2. The molecule has 1 amide bonds. The van der Waals surface area contributed by atoms with Crippen LogP contribution in [0.2, 0.25) is 0 Å². The fraction of sp³-hybridized carbons (Fsp3) is 0.214. The average Bonchev–Trinajstić information content (AvgIpc) is 2.88. The molecule has 8 heteroatoms. The summed E-state index contributed by atoms with van der Waals surface area (Å²) >= 11 is 0. The molecule has 4 aromatic rings. The van der Waals surface area contributed by atoms with Crippen molar-refractivity contribution in [3.8, 4) is 0 Å². The van der Waals surface area contributed by atoms with Crippen molar-refractivity contribution in [2.45, 2.75) is 32.7 Å². The first kappa shape index (κ1) is 24.9. The molecule has 0 fully saturated rings. The molecule has 1 unspecified atom stereocenters. The number of halogens is 2. The van der Waals surface area contributed by atoms with Crippen LogP contribution >= 0.6 is 0 Å². The van der Waals surface area contributed by atoms with Gasteiger partial charge in [-0.2, -0.15) is 0 Å². The molecule has 0 saturated heterocycles. The van der Waals surface area contributed by atoms with Crippen molar-refractivity contribution in [2.24, 2.45) is 0 Å². The largest absolute Gasteiger partial charge is 0.369 e. The van der Waals surface area contributed by atoms with E-state index in [-0.39, 0.29) is 23.8 Å². The van der Waals surface area contributed by atoms with E-state index in [0.717, 1.165) is 41.1 Å². The number of rotatable bonds is 9. The number of carbonyl (C=O) groups excluding carboxylic acids is 2. The van der Waals surface area contributed by atoms with Crippen LogP contribution in [0.4, 0.5) is 14.6 Å². The Morgan fingerprint density at radius 2 is 1.78 bits per heavy atom. The first-order valence-electron chi connectivity index (χ1n) is 11.6. The number of fused-ring (bicyclic) bond motifs is 1. The maximum absolute atomic E-state index is 13.8. The lowest BCUT2D eigenvalue weighted by Gasteiger charge is -2.15. The predicted molar refractivity (Wildman–Crippen MR) is 135 cm³/mol. The third kappa shape index (κ3) is 5.71. The van der Waals surface area contributed by atoms with Crippen molar-refractivity contribution < 1.29 is 18.4 Å². The van der Waals surface area contributed by atoms with Crippen molar-refractivity contribution in [2.75, 3.05) is 11.9 Å². The highest BCUT2D eigenvalue weighted by atomic mass is 19.1. The van der Waals surface area contributed by atoms with Gasteiger partial charge in [0.05, 0.1) is 11.1 Å². The third-order valence-corrected chi connectivity index (χ3v) is 6.06. The molecule has 1 atom stereocenters. The van der Waals surface area contributed by atoms with Gasteiger partial charge in [0.1, 0.15) is 23.8 Å². The zero-order valence-electron chi connectivity index (χ0n) is 20.0. The monoisotopic (exact) mass is 488 g/mol. The van der Waals surface area contributed by atoms with Crippen LogP contribution in [-0.4, -0.2) is 28.2 Å². The number of hydrogen-bond donors (Lipinski definition) is 2. The SMILES string of the molecule is CC(=O)c1cccc2c(NCCC(C)c3cccc(CNC(=O)c4cc(F)ccc4F)c3)ncnc12. The predicted octanol–water partition coefficient (Wildman–Crippen LogP) is 5.65. The van der Waals surface area contributed by atoms with Crippen molar-refractivity contribution in [1.29, 1.82) is 0 Å². The van der Waals surface area contributed by atoms with E-state index in [2.05, 4.69) is 27.5 Å². The van der Waals surface area contributed by atoms with Crippen molar-refractivity contribution in [1.82, 2.24) is 15.3 Å². The van der Waals surface area contributed by atoms with Gasteiger partial charge >= 0.3 is 0 Å². The van der Waals surface area contributed by atoms with E-state index in [1.807, 2.05) is 36.4 Å². The first-order chi connectivity index (χ1) is 17.3. The Morgan fingerprint density at radius 1 is 0.972 bits per heavy atom. The van der Waals surface area contributed by atoms with Gasteiger partial charge in [0.25, 0.3) is 5.91 Å². The number of ketones is 1. The van der Waals surface area contributed by atoms with Gasteiger partial charge in [0.2, 0.25) is 0 Å². The molecule has 0 radical (unpaired) electrons. The number of hydrogen-bond acceptors (Lipinski definition) is 5. The van der Waals surface area contributed by atoms with E-state index >= 15 is 0 Å². The van der Waals surface area contributed by atoms with E-state index in [9.17, 15) is 18.4 Å². The second-order valence-electron chi connectivity index (χ2n) is 8.65. The van der Waals surface area contributed by atoms with Gasteiger partial charge in [-0.15, -0.1) is 0 Å². The van der Waals surface area contributed by atoms with Gasteiger partial charge in [-0.25, -0.2) is 18.7 Å². The topological polar surface area (TPSA) is 84.0 Å². The molecule has 0 aliphatic heterocycles. The summed E-state index contributed by atoms with van der Waals surface area (Å²) < 4.78 is 27.2. The lowest BCUT2D eigenvalue weighted by molar-refractivity contribution is 0.0945. The average molecular weight is 489 g/mol. The molecule has 1 heterocycles. The van der Waals surface area contributed by atoms with Crippen LogP contribution in [0.1, 0.15) is 58.0 Å². The highest BCUT2D eigenvalue weighted by Gasteiger charge is 2.14. The first-order valence-corrected chi connectivity index (χ1v) is 11.6. The molecule has 3 aromatic carbocycles. The minimum Gasteiger partial charge on any atom is -0.369 e. The Hall–Kier alpha value is -4.20. The van der Waals surface area contributed by atoms with E-state index in [1.165, 1.54) is 13.3 Å². The molecule has 36 heavy (non-hydrogen) atoms. The van der Waals surface area contributed by atoms with E-state index in [0.29, 0.717) is 23.4 Å². The molecule has 1 aromatic heterocycles. The van der Waals surface area contributed by atoms with E-state index < -0.39 is 17.5 Å². The summed E-state index contributed by atoms with van der Waals surface area (Å²) in [5.41, 5.74) is 2.82. The van der Waals surface area contributed by atoms with Crippen LogP contribution in [0, 0.1) is 11.6 Å². The minimum atomic E-state index is -0.766. The molecule has 0 spiro atoms. The highest BCUT2D eigenvalue weighted by molar-refractivity contribution is 6.07. The molecule has 0 aliphatic rings. The molecule has 184 valence electrons. The maximum atomic E-state index is 13.8. The summed E-state index contributed by atoms with van der Waals surface area (Å²) in [4.78, 5) is 32.8. The Labute approximate surface area is 207 Å². The number of carbonyl (C=O) groups is 2. The molecule has 0 saturated carbocycles. The van der Waals surface area contributed by atoms with Crippen molar-refractivity contribution in [3.63, 3.8) is 0 Å². The molecule has 2 N–H and O–H groups in total. The van der Waals surface area contributed by atoms with Gasteiger partial charge in [-0.05, 0) is 60.7 Å². The molecular weight excluding hydrogens is 462 g/mol. The smallest absolute Gasteiger partial charge is 0.254 e. The van der Waals surface area contributed by atoms with Crippen LogP contribution in [0.3, 0.4) is 0 Å². The molecule has 0 bridgehead atoms. The number of amides is 1. The molecule has 4 rings (SSSR count). The summed E-state index contributed by atoms with van der Waals surface area (Å²) in [6.07, 6.45) is 2.26. The number of anilines is 1. The lowest BCUT2D eigenvalue weighted by Crippen LogP contribution is -2.24. The fourth-order valence-corrected chi connectivity index (χ4v) is 4.04. The summed E-state index contributed by atoms with van der Waals surface area (Å²) in [5, 5.41) is 6.80. The van der Waals surface area contributed by atoms with E-state index in [4.69, 9.17) is 0 Å². The zero-order chi connectivity index (χ0) is 25.7.